The van der Waals surface area contributed by atoms with Gasteiger partial charge in [-0.25, -0.2) is 4.98 Å². The quantitative estimate of drug-likeness (QED) is 0.196. The average molecular weight is 574 g/mol. The minimum absolute atomic E-state index is 0.900. The molecule has 9 rings (SSSR count). The molecule has 3 heteroatoms. The highest BCUT2D eigenvalue weighted by Gasteiger charge is 2.19. The summed E-state index contributed by atoms with van der Waals surface area (Å²) < 4.78 is 2.23. The van der Waals surface area contributed by atoms with Gasteiger partial charge in [-0.05, 0) is 84.9 Å². The second kappa shape index (κ2) is 10.3. The molecule has 2 heterocycles. The molecule has 7 aromatic carbocycles. The minimum atomic E-state index is 0.900. The predicted octanol–water partition coefficient (Wildman–Crippen LogP) is 10.9. The summed E-state index contributed by atoms with van der Waals surface area (Å²) in [5.41, 5.74) is 8.92. The molecule has 0 amide bonds. The lowest BCUT2D eigenvalue weighted by Gasteiger charge is -2.18. The van der Waals surface area contributed by atoms with Crippen molar-refractivity contribution in [3.63, 3.8) is 0 Å². The van der Waals surface area contributed by atoms with E-state index in [4.69, 9.17) is 4.98 Å². The van der Waals surface area contributed by atoms with Crippen molar-refractivity contribution in [1.29, 1.82) is 0 Å². The van der Waals surface area contributed by atoms with Crippen LogP contribution in [0.2, 0.25) is 0 Å². The molecular formula is C42H27N3. The third kappa shape index (κ3) is 4.13. The van der Waals surface area contributed by atoms with E-state index in [1.165, 1.54) is 49.0 Å². The fraction of sp³-hybridized carbons (Fsp3) is 0. The van der Waals surface area contributed by atoms with Gasteiger partial charge in [-0.1, -0.05) is 121 Å². The van der Waals surface area contributed by atoms with Gasteiger partial charge in [-0.15, -0.1) is 0 Å². The molecule has 0 fully saturated rings. The standard InChI is InChI=1S/C42H27N3/c1-2-12-29(13-3-1)42-44-38-23-22-32(26-39(38)45(42)33-15-10-24-43-27-33)41-36-18-8-6-16-34(36)40(35-17-7-9-19-37(35)41)31-21-20-28-11-4-5-14-30(28)25-31/h1-27H. The van der Waals surface area contributed by atoms with Crippen molar-refractivity contribution < 1.29 is 0 Å². The Hall–Kier alpha value is -6.06. The van der Waals surface area contributed by atoms with Crippen LogP contribution in [0.3, 0.4) is 0 Å². The van der Waals surface area contributed by atoms with E-state index in [1.807, 2.05) is 24.5 Å². The number of pyridine rings is 1. The molecule has 0 aliphatic heterocycles. The van der Waals surface area contributed by atoms with Crippen molar-refractivity contribution in [2.45, 2.75) is 0 Å². The number of nitrogens with zero attached hydrogens (tertiary/aromatic N) is 3. The van der Waals surface area contributed by atoms with Crippen LogP contribution in [0.4, 0.5) is 0 Å². The minimum Gasteiger partial charge on any atom is -0.291 e. The maximum Gasteiger partial charge on any atom is 0.145 e. The number of hydrogen-bond acceptors (Lipinski definition) is 2. The van der Waals surface area contributed by atoms with Crippen molar-refractivity contribution in [3.05, 3.63) is 164 Å². The maximum absolute atomic E-state index is 5.13. The number of hydrogen-bond donors (Lipinski definition) is 0. The Bertz CT molecular complexity index is 2470. The second-order valence-electron chi connectivity index (χ2n) is 11.5. The topological polar surface area (TPSA) is 30.7 Å². The molecule has 0 radical (unpaired) electrons. The first-order chi connectivity index (χ1) is 22.3. The Morgan fingerprint density at radius 1 is 0.444 bits per heavy atom. The summed E-state index contributed by atoms with van der Waals surface area (Å²) in [6.45, 7) is 0. The van der Waals surface area contributed by atoms with Crippen LogP contribution < -0.4 is 0 Å². The molecule has 210 valence electrons. The first-order valence-electron chi connectivity index (χ1n) is 15.2. The van der Waals surface area contributed by atoms with Crippen LogP contribution in [-0.2, 0) is 0 Å². The summed E-state index contributed by atoms with van der Waals surface area (Å²) in [7, 11) is 0. The molecule has 0 bridgehead atoms. The fourth-order valence-electron chi connectivity index (χ4n) is 6.85. The number of aromatic nitrogens is 3. The molecule has 0 N–H and O–H groups in total. The Labute approximate surface area is 260 Å². The first kappa shape index (κ1) is 25.4. The molecule has 0 unspecified atom stereocenters. The molecule has 0 saturated heterocycles. The van der Waals surface area contributed by atoms with Gasteiger partial charge in [-0.3, -0.25) is 9.55 Å². The van der Waals surface area contributed by atoms with Crippen LogP contribution in [0.5, 0.6) is 0 Å². The van der Waals surface area contributed by atoms with Crippen molar-refractivity contribution in [2.75, 3.05) is 0 Å². The molecule has 0 spiro atoms. The van der Waals surface area contributed by atoms with E-state index in [0.29, 0.717) is 0 Å². The van der Waals surface area contributed by atoms with Crippen LogP contribution in [0, 0.1) is 0 Å². The Morgan fingerprint density at radius 3 is 1.71 bits per heavy atom. The zero-order valence-corrected chi connectivity index (χ0v) is 24.4. The van der Waals surface area contributed by atoms with Gasteiger partial charge in [-0.2, -0.15) is 0 Å². The Balaban J connectivity index is 1.35. The van der Waals surface area contributed by atoms with Crippen LogP contribution >= 0.6 is 0 Å². The van der Waals surface area contributed by atoms with Crippen LogP contribution in [0.15, 0.2) is 164 Å². The summed E-state index contributed by atoms with van der Waals surface area (Å²) in [5.74, 6) is 0.900. The lowest BCUT2D eigenvalue weighted by molar-refractivity contribution is 1.08. The molecule has 0 saturated carbocycles. The van der Waals surface area contributed by atoms with E-state index >= 15 is 0 Å². The zero-order chi connectivity index (χ0) is 29.7. The van der Waals surface area contributed by atoms with Crippen LogP contribution in [0.25, 0.3) is 82.7 Å². The van der Waals surface area contributed by atoms with Crippen LogP contribution in [-0.4, -0.2) is 14.5 Å². The van der Waals surface area contributed by atoms with Gasteiger partial charge in [0.05, 0.1) is 22.9 Å². The maximum atomic E-state index is 5.13. The molecule has 0 aliphatic rings. The van der Waals surface area contributed by atoms with Crippen molar-refractivity contribution in [2.24, 2.45) is 0 Å². The number of benzene rings is 7. The highest BCUT2D eigenvalue weighted by molar-refractivity contribution is 6.22. The van der Waals surface area contributed by atoms with Gasteiger partial charge in [0.2, 0.25) is 0 Å². The van der Waals surface area contributed by atoms with Crippen LogP contribution in [0.1, 0.15) is 0 Å². The van der Waals surface area contributed by atoms with E-state index in [0.717, 1.165) is 33.7 Å². The lowest BCUT2D eigenvalue weighted by atomic mass is 9.85. The molecule has 9 aromatic rings. The van der Waals surface area contributed by atoms with E-state index in [9.17, 15) is 0 Å². The highest BCUT2D eigenvalue weighted by atomic mass is 15.1. The normalized spacial score (nSPS) is 11.6. The summed E-state index contributed by atoms with van der Waals surface area (Å²) in [6, 6.07) is 54.2. The number of fused-ring (bicyclic) bond motifs is 4. The SMILES string of the molecule is c1ccc(-c2nc3ccc(-c4c5ccccc5c(-c5ccc6ccccc6c5)c5ccccc45)cc3n2-c2cccnc2)cc1. The van der Waals surface area contributed by atoms with Crippen molar-refractivity contribution in [1.82, 2.24) is 14.5 Å². The molecule has 2 aromatic heterocycles. The number of rotatable bonds is 4. The third-order valence-electron chi connectivity index (χ3n) is 8.85. The Morgan fingerprint density at radius 2 is 1.04 bits per heavy atom. The summed E-state index contributed by atoms with van der Waals surface area (Å²) in [6.07, 6.45) is 3.72. The third-order valence-corrected chi connectivity index (χ3v) is 8.85. The van der Waals surface area contributed by atoms with E-state index < -0.39 is 0 Å². The van der Waals surface area contributed by atoms with E-state index in [1.54, 1.807) is 0 Å². The summed E-state index contributed by atoms with van der Waals surface area (Å²) in [4.78, 5) is 9.59. The molecule has 0 atom stereocenters. The van der Waals surface area contributed by atoms with E-state index in [-0.39, 0.29) is 0 Å². The van der Waals surface area contributed by atoms with Gasteiger partial charge >= 0.3 is 0 Å². The summed E-state index contributed by atoms with van der Waals surface area (Å²) >= 11 is 0. The van der Waals surface area contributed by atoms with Gasteiger partial charge in [0, 0.05) is 11.8 Å². The largest absolute Gasteiger partial charge is 0.291 e. The fourth-order valence-corrected chi connectivity index (χ4v) is 6.85. The van der Waals surface area contributed by atoms with Crippen molar-refractivity contribution >= 4 is 43.4 Å². The first-order valence-corrected chi connectivity index (χ1v) is 15.2. The zero-order valence-electron chi connectivity index (χ0n) is 24.4. The van der Waals surface area contributed by atoms with Gasteiger partial charge in [0.15, 0.2) is 0 Å². The number of imidazole rings is 1. The van der Waals surface area contributed by atoms with Gasteiger partial charge < -0.3 is 0 Å². The van der Waals surface area contributed by atoms with Gasteiger partial charge in [0.25, 0.3) is 0 Å². The molecule has 45 heavy (non-hydrogen) atoms. The lowest BCUT2D eigenvalue weighted by Crippen LogP contribution is -1.98. The molecular weight excluding hydrogens is 546 g/mol. The van der Waals surface area contributed by atoms with Crippen molar-refractivity contribution in [3.8, 4) is 39.3 Å². The predicted molar refractivity (Wildman–Crippen MR) is 188 cm³/mol. The van der Waals surface area contributed by atoms with E-state index in [2.05, 4.69) is 149 Å². The summed E-state index contributed by atoms with van der Waals surface area (Å²) in [5, 5.41) is 7.44. The monoisotopic (exact) mass is 573 g/mol. The molecule has 0 aliphatic carbocycles. The highest BCUT2D eigenvalue weighted by Crippen LogP contribution is 2.44. The average Bonchev–Trinajstić information content (AvgIpc) is 3.50. The second-order valence-corrected chi connectivity index (χ2v) is 11.5. The molecule has 3 nitrogen and oxygen atoms in total. The van der Waals surface area contributed by atoms with Gasteiger partial charge in [0.1, 0.15) is 5.82 Å². The smallest absolute Gasteiger partial charge is 0.145 e. The Kier molecular flexibility index (Phi) is 5.82.